The van der Waals surface area contributed by atoms with E-state index < -0.39 is 36.2 Å². The monoisotopic (exact) mass is 309 g/mol. The van der Waals surface area contributed by atoms with Crippen molar-refractivity contribution in [3.63, 3.8) is 0 Å². The minimum atomic E-state index is -0.793. The molecule has 1 amide bonds. The Bertz CT molecular complexity index is 638. The summed E-state index contributed by atoms with van der Waals surface area (Å²) in [5.74, 6) is -1.64. The molecule has 2 fully saturated rings. The van der Waals surface area contributed by atoms with Crippen molar-refractivity contribution < 1.29 is 19.0 Å². The maximum atomic E-state index is 11.1. The molecule has 0 aliphatic carbocycles. The fourth-order valence-corrected chi connectivity index (χ4v) is 2.65. The van der Waals surface area contributed by atoms with Gasteiger partial charge in [-0.2, -0.15) is 0 Å². The standard InChI is InChI=1S/C11H15N7O4/c1-11(2)21-6-5(3-15-17-13)20-10(7(6)22-11)18-4-14-9(16-18)8(12)19/h4-7,10H,3H2,1-2H3,(H2,12,19)/t5-,6-,7-,10-/m1/s1. The topological polar surface area (TPSA) is 150 Å². The fraction of sp³-hybridized carbons (Fsp3) is 0.727. The predicted molar refractivity (Wildman–Crippen MR) is 70.3 cm³/mol. The Morgan fingerprint density at radius 3 is 2.91 bits per heavy atom. The lowest BCUT2D eigenvalue weighted by Crippen LogP contribution is -2.31. The Morgan fingerprint density at radius 2 is 2.27 bits per heavy atom. The second kappa shape index (κ2) is 5.21. The molecule has 0 aromatic carbocycles. The average molecular weight is 309 g/mol. The SMILES string of the molecule is CC1(C)O[C@@H]2[C@H](O1)[C@@H](CN=[N+]=[N-])O[C@H]2n1cnc(C(N)=O)n1. The van der Waals surface area contributed by atoms with E-state index in [4.69, 9.17) is 25.5 Å². The Hall–Kier alpha value is -2.20. The molecule has 1 aromatic rings. The van der Waals surface area contributed by atoms with Gasteiger partial charge in [-0.25, -0.2) is 9.67 Å². The normalized spacial score (nSPS) is 32.5. The largest absolute Gasteiger partial charge is 0.363 e. The summed E-state index contributed by atoms with van der Waals surface area (Å²) in [5, 5.41) is 7.51. The molecular weight excluding hydrogens is 294 g/mol. The maximum absolute atomic E-state index is 11.1. The van der Waals surface area contributed by atoms with E-state index in [2.05, 4.69) is 20.1 Å². The summed E-state index contributed by atoms with van der Waals surface area (Å²) in [7, 11) is 0. The lowest BCUT2D eigenvalue weighted by atomic mass is 10.1. The third kappa shape index (κ3) is 2.50. The van der Waals surface area contributed by atoms with Gasteiger partial charge in [0, 0.05) is 4.91 Å². The van der Waals surface area contributed by atoms with Gasteiger partial charge in [-0.15, -0.1) is 5.10 Å². The molecule has 3 heterocycles. The van der Waals surface area contributed by atoms with E-state index in [0.717, 1.165) is 0 Å². The van der Waals surface area contributed by atoms with Gasteiger partial charge < -0.3 is 19.9 Å². The van der Waals surface area contributed by atoms with Crippen molar-refractivity contribution in [3.05, 3.63) is 22.6 Å². The quantitative estimate of drug-likeness (QED) is 0.473. The van der Waals surface area contributed by atoms with E-state index in [0.29, 0.717) is 0 Å². The number of aromatic nitrogens is 3. The minimum absolute atomic E-state index is 0.102. The highest BCUT2D eigenvalue weighted by atomic mass is 16.8. The van der Waals surface area contributed by atoms with Crippen LogP contribution in [0.25, 0.3) is 10.4 Å². The molecule has 0 spiro atoms. The lowest BCUT2D eigenvalue weighted by molar-refractivity contribution is -0.196. The van der Waals surface area contributed by atoms with Crippen LogP contribution in [0, 0.1) is 0 Å². The summed E-state index contributed by atoms with van der Waals surface area (Å²) in [6, 6.07) is 0. The first-order valence-corrected chi connectivity index (χ1v) is 6.64. The van der Waals surface area contributed by atoms with Crippen LogP contribution < -0.4 is 5.73 Å². The minimum Gasteiger partial charge on any atom is -0.363 e. The summed E-state index contributed by atoms with van der Waals surface area (Å²) in [6.07, 6.45) is -0.657. The smallest absolute Gasteiger partial charge is 0.288 e. The van der Waals surface area contributed by atoms with Crippen molar-refractivity contribution in [3.8, 4) is 0 Å². The summed E-state index contributed by atoms with van der Waals surface area (Å²) in [6.45, 7) is 3.66. The van der Waals surface area contributed by atoms with Crippen molar-refractivity contribution in [1.82, 2.24) is 14.8 Å². The van der Waals surface area contributed by atoms with Crippen LogP contribution in [0.5, 0.6) is 0 Å². The number of primary amides is 1. The molecule has 0 radical (unpaired) electrons. The average Bonchev–Trinajstić information content (AvgIpc) is 3.09. The Morgan fingerprint density at radius 1 is 1.55 bits per heavy atom. The zero-order valence-corrected chi connectivity index (χ0v) is 12.0. The molecule has 0 unspecified atom stereocenters. The van der Waals surface area contributed by atoms with Gasteiger partial charge in [-0.1, -0.05) is 5.11 Å². The van der Waals surface area contributed by atoms with Gasteiger partial charge in [-0.3, -0.25) is 4.79 Å². The van der Waals surface area contributed by atoms with Crippen LogP contribution >= 0.6 is 0 Å². The Kier molecular flexibility index (Phi) is 3.49. The zero-order valence-electron chi connectivity index (χ0n) is 12.0. The number of azide groups is 1. The number of hydrogen-bond acceptors (Lipinski definition) is 7. The molecule has 1 aromatic heterocycles. The number of ether oxygens (including phenoxy) is 3. The number of nitrogens with two attached hydrogens (primary N) is 1. The molecule has 0 saturated carbocycles. The molecule has 0 bridgehead atoms. The highest BCUT2D eigenvalue weighted by Crippen LogP contribution is 2.42. The molecule has 2 saturated heterocycles. The van der Waals surface area contributed by atoms with Crippen LogP contribution in [0.1, 0.15) is 30.7 Å². The molecule has 2 N–H and O–H groups in total. The second-order valence-electron chi connectivity index (χ2n) is 5.46. The number of hydrogen-bond donors (Lipinski definition) is 1. The molecule has 11 heteroatoms. The van der Waals surface area contributed by atoms with Crippen LogP contribution in [0.3, 0.4) is 0 Å². The van der Waals surface area contributed by atoms with Gasteiger partial charge in [0.25, 0.3) is 5.91 Å². The van der Waals surface area contributed by atoms with Gasteiger partial charge in [0.05, 0.1) is 12.6 Å². The van der Waals surface area contributed by atoms with E-state index in [1.54, 1.807) is 13.8 Å². The van der Waals surface area contributed by atoms with Crippen molar-refractivity contribution in [2.75, 3.05) is 6.54 Å². The fourth-order valence-electron chi connectivity index (χ4n) is 2.65. The van der Waals surface area contributed by atoms with E-state index >= 15 is 0 Å². The van der Waals surface area contributed by atoms with Gasteiger partial charge in [0.1, 0.15) is 18.5 Å². The van der Waals surface area contributed by atoms with Crippen LogP contribution in [0.2, 0.25) is 0 Å². The maximum Gasteiger partial charge on any atom is 0.288 e. The first-order chi connectivity index (χ1) is 10.4. The summed E-state index contributed by atoms with van der Waals surface area (Å²) < 4.78 is 18.8. The third-order valence-electron chi connectivity index (χ3n) is 3.44. The van der Waals surface area contributed by atoms with Gasteiger partial charge in [0.2, 0.25) is 5.82 Å². The van der Waals surface area contributed by atoms with Crippen LogP contribution in [0.15, 0.2) is 11.4 Å². The van der Waals surface area contributed by atoms with E-state index in [-0.39, 0.29) is 12.4 Å². The number of fused-ring (bicyclic) bond motifs is 1. The predicted octanol–water partition coefficient (Wildman–Crippen LogP) is 0.105. The molecule has 4 atom stereocenters. The molecular formula is C11H15N7O4. The zero-order chi connectivity index (χ0) is 15.9. The molecule has 11 nitrogen and oxygen atoms in total. The van der Waals surface area contributed by atoms with Crippen LogP contribution in [-0.4, -0.2) is 51.3 Å². The molecule has 2 aliphatic rings. The van der Waals surface area contributed by atoms with Gasteiger partial charge in [0.15, 0.2) is 12.0 Å². The van der Waals surface area contributed by atoms with E-state index in [1.807, 2.05) is 0 Å². The first kappa shape index (κ1) is 14.7. The number of carbonyl (C=O) groups is 1. The molecule has 2 aliphatic heterocycles. The third-order valence-corrected chi connectivity index (χ3v) is 3.44. The van der Waals surface area contributed by atoms with Gasteiger partial charge in [-0.05, 0) is 19.4 Å². The molecule has 22 heavy (non-hydrogen) atoms. The van der Waals surface area contributed by atoms with Crippen molar-refractivity contribution in [2.24, 2.45) is 10.8 Å². The Labute approximate surface area is 125 Å². The Balaban J connectivity index is 1.87. The number of nitrogens with zero attached hydrogens (tertiary/aromatic N) is 6. The number of rotatable bonds is 4. The second-order valence-corrected chi connectivity index (χ2v) is 5.46. The highest BCUT2D eigenvalue weighted by molar-refractivity contribution is 5.88. The van der Waals surface area contributed by atoms with Crippen LogP contribution in [-0.2, 0) is 14.2 Å². The summed E-state index contributed by atoms with van der Waals surface area (Å²) >= 11 is 0. The van der Waals surface area contributed by atoms with Crippen molar-refractivity contribution in [2.45, 2.75) is 44.2 Å². The van der Waals surface area contributed by atoms with Crippen LogP contribution in [0.4, 0.5) is 0 Å². The molecule has 118 valence electrons. The molecule has 3 rings (SSSR count). The van der Waals surface area contributed by atoms with Crippen molar-refractivity contribution in [1.29, 1.82) is 0 Å². The highest BCUT2D eigenvalue weighted by Gasteiger charge is 2.55. The number of amides is 1. The van der Waals surface area contributed by atoms with Crippen molar-refractivity contribution >= 4 is 5.91 Å². The number of carbonyl (C=O) groups excluding carboxylic acids is 1. The van der Waals surface area contributed by atoms with E-state index in [9.17, 15) is 4.79 Å². The first-order valence-electron chi connectivity index (χ1n) is 6.64. The lowest BCUT2D eigenvalue weighted by Gasteiger charge is -2.23. The van der Waals surface area contributed by atoms with Gasteiger partial charge >= 0.3 is 0 Å². The summed E-state index contributed by atoms with van der Waals surface area (Å²) in [4.78, 5) is 17.6. The summed E-state index contributed by atoms with van der Waals surface area (Å²) in [5.41, 5.74) is 13.6. The van der Waals surface area contributed by atoms with E-state index in [1.165, 1.54) is 11.0 Å².